The smallest absolute Gasteiger partial charge is 0.268 e. The summed E-state index contributed by atoms with van der Waals surface area (Å²) in [4.78, 5) is 26.2. The number of para-hydroxylation sites is 1. The zero-order chi connectivity index (χ0) is 16.2. The summed E-state index contributed by atoms with van der Waals surface area (Å²) in [6.45, 7) is 0. The molecule has 1 heterocycles. The van der Waals surface area contributed by atoms with Crippen LogP contribution in [0.4, 0.5) is 10.5 Å². The highest BCUT2D eigenvalue weighted by Gasteiger charge is 2.36. The lowest BCUT2D eigenvalue weighted by Crippen LogP contribution is -2.27. The van der Waals surface area contributed by atoms with Crippen molar-refractivity contribution in [3.63, 3.8) is 0 Å². The highest BCUT2D eigenvalue weighted by Crippen LogP contribution is 2.35. The molecule has 1 saturated heterocycles. The maximum Gasteiger partial charge on any atom is 0.298 e. The maximum absolute atomic E-state index is 12.5. The van der Waals surface area contributed by atoms with Crippen LogP contribution >= 0.6 is 27.7 Å². The zero-order valence-corrected chi connectivity index (χ0v) is 14.4. The third-order valence-electron chi connectivity index (χ3n) is 3.18. The predicted octanol–water partition coefficient (Wildman–Crippen LogP) is 5.21. The Hall–Kier alpha value is -2.11. The lowest BCUT2D eigenvalue weighted by atomic mass is 10.2. The van der Waals surface area contributed by atoms with Gasteiger partial charge in [-0.1, -0.05) is 64.5 Å². The Balaban J connectivity index is 1.86. The number of rotatable bonds is 3. The highest BCUT2D eigenvalue weighted by molar-refractivity contribution is 9.12. The molecule has 0 aromatic heterocycles. The number of hydrogen-bond donors (Lipinski definition) is 0. The number of hydrogen-bond acceptors (Lipinski definition) is 3. The van der Waals surface area contributed by atoms with Crippen LogP contribution in [0.5, 0.6) is 0 Å². The fourth-order valence-corrected chi connectivity index (χ4v) is 3.62. The summed E-state index contributed by atoms with van der Waals surface area (Å²) in [5, 5.41) is -0.285. The van der Waals surface area contributed by atoms with E-state index < -0.39 is 0 Å². The predicted molar refractivity (Wildman–Crippen MR) is 98.3 cm³/mol. The number of imide groups is 1. The Bertz CT molecular complexity index is 800. The van der Waals surface area contributed by atoms with Gasteiger partial charge in [-0.05, 0) is 41.6 Å². The van der Waals surface area contributed by atoms with E-state index in [9.17, 15) is 9.59 Å². The van der Waals surface area contributed by atoms with E-state index >= 15 is 0 Å². The van der Waals surface area contributed by atoms with E-state index in [2.05, 4.69) is 15.9 Å². The van der Waals surface area contributed by atoms with Gasteiger partial charge in [0.2, 0.25) is 0 Å². The van der Waals surface area contributed by atoms with E-state index in [1.54, 1.807) is 30.3 Å². The second kappa shape index (κ2) is 6.98. The van der Waals surface area contributed by atoms with Crippen LogP contribution in [0.15, 0.2) is 76.1 Å². The summed E-state index contributed by atoms with van der Waals surface area (Å²) in [5.74, 6) is -0.301. The maximum atomic E-state index is 12.5. The Morgan fingerprint density at radius 1 is 0.957 bits per heavy atom. The summed E-state index contributed by atoms with van der Waals surface area (Å²) in [6.07, 6.45) is 3.58. The highest BCUT2D eigenvalue weighted by atomic mass is 79.9. The topological polar surface area (TPSA) is 37.4 Å². The average molecular weight is 386 g/mol. The van der Waals surface area contributed by atoms with Crippen LogP contribution in [0.25, 0.3) is 6.08 Å². The molecule has 0 saturated carbocycles. The molecule has 2 aromatic rings. The molecule has 3 nitrogen and oxygen atoms in total. The first kappa shape index (κ1) is 15.8. The van der Waals surface area contributed by atoms with E-state index in [0.717, 1.165) is 21.8 Å². The van der Waals surface area contributed by atoms with Gasteiger partial charge in [0, 0.05) is 4.48 Å². The van der Waals surface area contributed by atoms with Gasteiger partial charge >= 0.3 is 0 Å². The van der Waals surface area contributed by atoms with Gasteiger partial charge in [0.05, 0.1) is 10.6 Å². The number of carbonyl (C=O) groups is 2. The molecule has 0 unspecified atom stereocenters. The Morgan fingerprint density at radius 3 is 2.22 bits per heavy atom. The lowest BCUT2D eigenvalue weighted by molar-refractivity contribution is -0.113. The van der Waals surface area contributed by atoms with E-state index in [1.165, 1.54) is 4.90 Å². The van der Waals surface area contributed by atoms with Crippen molar-refractivity contribution in [1.82, 2.24) is 0 Å². The minimum atomic E-state index is -0.301. The van der Waals surface area contributed by atoms with E-state index in [0.29, 0.717) is 10.6 Å². The second-order valence-corrected chi connectivity index (χ2v) is 6.70. The summed E-state index contributed by atoms with van der Waals surface area (Å²) >= 11 is 4.38. The average Bonchev–Trinajstić information content (AvgIpc) is 2.83. The van der Waals surface area contributed by atoms with Gasteiger partial charge in [-0.3, -0.25) is 9.59 Å². The van der Waals surface area contributed by atoms with Crippen LogP contribution in [0.3, 0.4) is 0 Å². The molecular weight excluding hydrogens is 374 g/mol. The molecule has 0 N–H and O–H groups in total. The van der Waals surface area contributed by atoms with Crippen LogP contribution in [0.2, 0.25) is 0 Å². The Kier molecular flexibility index (Phi) is 4.79. The molecule has 114 valence electrons. The number of allylic oxidation sites excluding steroid dienone is 2. The standard InChI is InChI=1S/C18H12BrNO2S/c19-14(11-13-7-3-1-4-8-13)12-16-17(21)20(18(22)23-16)15-9-5-2-6-10-15/h1-12H/b14-11-,16-12-. The van der Waals surface area contributed by atoms with Gasteiger partial charge in [-0.25, -0.2) is 4.90 Å². The summed E-state index contributed by atoms with van der Waals surface area (Å²) in [5.41, 5.74) is 1.60. The van der Waals surface area contributed by atoms with Crippen LogP contribution in [-0.4, -0.2) is 11.1 Å². The molecule has 2 amide bonds. The van der Waals surface area contributed by atoms with Crippen molar-refractivity contribution in [3.8, 4) is 0 Å². The third-order valence-corrected chi connectivity index (χ3v) is 4.51. The molecule has 1 fully saturated rings. The molecule has 5 heteroatoms. The quantitative estimate of drug-likeness (QED) is 0.680. The first-order valence-electron chi connectivity index (χ1n) is 6.90. The molecule has 23 heavy (non-hydrogen) atoms. The van der Waals surface area contributed by atoms with Crippen LogP contribution < -0.4 is 4.90 Å². The molecule has 0 bridgehead atoms. The van der Waals surface area contributed by atoms with Crippen molar-refractivity contribution < 1.29 is 9.59 Å². The summed E-state index contributed by atoms with van der Waals surface area (Å²) in [7, 11) is 0. The Labute approximate surface area is 146 Å². The Morgan fingerprint density at radius 2 is 1.57 bits per heavy atom. The fourth-order valence-electron chi connectivity index (χ4n) is 2.14. The number of amides is 2. The monoisotopic (exact) mass is 385 g/mol. The minimum Gasteiger partial charge on any atom is -0.268 e. The first-order chi connectivity index (χ1) is 11.1. The molecule has 3 rings (SSSR count). The summed E-state index contributed by atoms with van der Waals surface area (Å²) < 4.78 is 0.738. The molecule has 1 aliphatic heterocycles. The van der Waals surface area contributed by atoms with E-state index in [1.807, 2.05) is 42.5 Å². The van der Waals surface area contributed by atoms with E-state index in [-0.39, 0.29) is 11.1 Å². The number of thioether (sulfide) groups is 1. The number of nitrogens with zero attached hydrogens (tertiary/aromatic N) is 1. The third kappa shape index (κ3) is 3.63. The normalized spacial score (nSPS) is 17.2. The van der Waals surface area contributed by atoms with Gasteiger partial charge in [-0.15, -0.1) is 0 Å². The number of benzene rings is 2. The number of carbonyl (C=O) groups excluding carboxylic acids is 2. The van der Waals surface area contributed by atoms with Gasteiger partial charge < -0.3 is 0 Å². The first-order valence-corrected chi connectivity index (χ1v) is 8.51. The van der Waals surface area contributed by atoms with Gasteiger partial charge in [0.15, 0.2) is 0 Å². The van der Waals surface area contributed by atoms with Gasteiger partial charge in [0.25, 0.3) is 11.1 Å². The summed E-state index contributed by atoms with van der Waals surface area (Å²) in [6, 6.07) is 18.7. The molecule has 2 aromatic carbocycles. The van der Waals surface area contributed by atoms with Crippen molar-refractivity contribution >= 4 is 50.6 Å². The second-order valence-electron chi connectivity index (χ2n) is 4.79. The largest absolute Gasteiger partial charge is 0.298 e. The van der Waals surface area contributed by atoms with Crippen LogP contribution in [0.1, 0.15) is 5.56 Å². The van der Waals surface area contributed by atoms with Crippen LogP contribution in [-0.2, 0) is 4.79 Å². The van der Waals surface area contributed by atoms with E-state index in [4.69, 9.17) is 0 Å². The molecule has 0 atom stereocenters. The fraction of sp³-hybridized carbons (Fsp3) is 0. The van der Waals surface area contributed by atoms with Crippen molar-refractivity contribution in [2.45, 2.75) is 0 Å². The van der Waals surface area contributed by atoms with Gasteiger partial charge in [0.1, 0.15) is 0 Å². The molecule has 0 spiro atoms. The molecule has 1 aliphatic rings. The number of anilines is 1. The molecule has 0 aliphatic carbocycles. The molecular formula is C18H12BrNO2S. The lowest BCUT2D eigenvalue weighted by Gasteiger charge is -2.11. The van der Waals surface area contributed by atoms with Crippen molar-refractivity contribution in [1.29, 1.82) is 0 Å². The zero-order valence-electron chi connectivity index (χ0n) is 12.0. The number of halogens is 1. The van der Waals surface area contributed by atoms with Crippen molar-refractivity contribution in [2.75, 3.05) is 4.90 Å². The SMILES string of the molecule is O=C1S/C(=C\C(Br)=C\c2ccccc2)C(=O)N1c1ccccc1. The molecule has 0 radical (unpaired) electrons. The van der Waals surface area contributed by atoms with Crippen LogP contribution in [0, 0.1) is 0 Å². The van der Waals surface area contributed by atoms with Gasteiger partial charge in [-0.2, -0.15) is 0 Å². The van der Waals surface area contributed by atoms with Crippen molar-refractivity contribution in [3.05, 3.63) is 81.7 Å². The minimum absolute atomic E-state index is 0.285. The van der Waals surface area contributed by atoms with Crippen molar-refractivity contribution in [2.24, 2.45) is 0 Å².